The number of para-hydroxylation sites is 1. The fourth-order valence-corrected chi connectivity index (χ4v) is 5.73. The maximum atomic E-state index is 13.0. The quantitative estimate of drug-likeness (QED) is 0.585. The van der Waals surface area contributed by atoms with E-state index < -0.39 is 11.4 Å². The number of likely N-dealkylation sites (tertiary alicyclic amines) is 1. The van der Waals surface area contributed by atoms with E-state index in [4.69, 9.17) is 10.6 Å². The lowest BCUT2D eigenvalue weighted by Gasteiger charge is -2.43. The van der Waals surface area contributed by atoms with Crippen LogP contribution in [-0.4, -0.2) is 41.4 Å². The molecule has 1 saturated heterocycles. The third-order valence-electron chi connectivity index (χ3n) is 7.05. The number of benzene rings is 2. The summed E-state index contributed by atoms with van der Waals surface area (Å²) in [6.07, 6.45) is 1.38. The van der Waals surface area contributed by atoms with Crippen molar-refractivity contribution in [3.63, 3.8) is 0 Å². The van der Waals surface area contributed by atoms with Crippen molar-refractivity contribution in [3.05, 3.63) is 65.7 Å². The molecule has 1 heterocycles. The Balaban J connectivity index is 1.81. The molecule has 2 aromatic rings. The van der Waals surface area contributed by atoms with Gasteiger partial charge >= 0.3 is 5.97 Å². The molecule has 30 heavy (non-hydrogen) atoms. The van der Waals surface area contributed by atoms with Crippen LogP contribution in [0.3, 0.4) is 0 Å². The first kappa shape index (κ1) is 20.4. The van der Waals surface area contributed by atoms with Gasteiger partial charge in [-0.2, -0.15) is 5.10 Å². The highest BCUT2D eigenvalue weighted by atomic mass is 16.5. The van der Waals surface area contributed by atoms with E-state index in [-0.39, 0.29) is 17.9 Å². The number of hydrogen-bond acceptors (Lipinski definition) is 5. The minimum absolute atomic E-state index is 0.0149. The predicted molar refractivity (Wildman–Crippen MR) is 116 cm³/mol. The van der Waals surface area contributed by atoms with Crippen LogP contribution in [-0.2, 0) is 11.3 Å². The van der Waals surface area contributed by atoms with Crippen LogP contribution in [0.25, 0.3) is 0 Å². The van der Waals surface area contributed by atoms with Crippen LogP contribution >= 0.6 is 0 Å². The predicted octanol–water partition coefficient (Wildman–Crippen LogP) is 3.48. The van der Waals surface area contributed by atoms with Crippen molar-refractivity contribution < 1.29 is 14.6 Å². The number of nitrogens with zero attached hydrogens (tertiary/aromatic N) is 2. The number of methoxy groups -OCH3 is 1. The second-order valence-electron chi connectivity index (χ2n) is 8.41. The van der Waals surface area contributed by atoms with Crippen molar-refractivity contribution in [2.24, 2.45) is 22.3 Å². The van der Waals surface area contributed by atoms with Gasteiger partial charge in [-0.15, -0.1) is 0 Å². The van der Waals surface area contributed by atoms with Crippen molar-refractivity contribution in [3.8, 4) is 5.75 Å². The van der Waals surface area contributed by atoms with Crippen LogP contribution in [0.15, 0.2) is 59.7 Å². The molecule has 3 N–H and O–H groups in total. The Morgan fingerprint density at radius 3 is 2.60 bits per heavy atom. The molecule has 4 atom stereocenters. The molecule has 0 amide bonds. The number of hydrazone groups is 1. The van der Waals surface area contributed by atoms with Gasteiger partial charge < -0.3 is 15.7 Å². The van der Waals surface area contributed by atoms with Crippen LogP contribution in [0.5, 0.6) is 5.75 Å². The number of rotatable bonds is 5. The van der Waals surface area contributed by atoms with E-state index >= 15 is 0 Å². The first-order chi connectivity index (χ1) is 14.5. The first-order valence-corrected chi connectivity index (χ1v) is 10.4. The number of aliphatic carboxylic acids is 1. The van der Waals surface area contributed by atoms with E-state index in [0.717, 1.165) is 17.0 Å². The molecule has 0 aromatic heterocycles. The summed E-state index contributed by atoms with van der Waals surface area (Å²) in [5.74, 6) is 5.31. The molecule has 1 saturated carbocycles. The second kappa shape index (κ2) is 8.11. The molecule has 158 valence electrons. The Labute approximate surface area is 177 Å². The highest BCUT2D eigenvalue weighted by molar-refractivity contribution is 5.95. The van der Waals surface area contributed by atoms with E-state index in [2.05, 4.69) is 29.1 Å². The number of fused-ring (bicyclic) bond motifs is 1. The maximum absolute atomic E-state index is 13.0. The maximum Gasteiger partial charge on any atom is 0.312 e. The van der Waals surface area contributed by atoms with E-state index in [1.54, 1.807) is 7.11 Å². The molecule has 0 radical (unpaired) electrons. The van der Waals surface area contributed by atoms with Gasteiger partial charge in [0.1, 0.15) is 5.75 Å². The van der Waals surface area contributed by atoms with Crippen LogP contribution in [0.2, 0.25) is 0 Å². The summed E-state index contributed by atoms with van der Waals surface area (Å²) in [6.45, 7) is 3.25. The number of carboxylic acid groups (broad SMARTS) is 1. The van der Waals surface area contributed by atoms with Crippen LogP contribution in [0.4, 0.5) is 0 Å². The molecule has 2 aromatic carbocycles. The van der Waals surface area contributed by atoms with Gasteiger partial charge in [-0.25, -0.2) is 0 Å². The van der Waals surface area contributed by atoms with Gasteiger partial charge in [-0.05, 0) is 37.0 Å². The molecular weight excluding hydrogens is 378 g/mol. The van der Waals surface area contributed by atoms with Crippen molar-refractivity contribution in [1.29, 1.82) is 0 Å². The lowest BCUT2D eigenvalue weighted by Crippen LogP contribution is -2.51. The Bertz CT molecular complexity index is 946. The van der Waals surface area contributed by atoms with Crippen molar-refractivity contribution in [2.75, 3.05) is 13.7 Å². The van der Waals surface area contributed by atoms with Crippen LogP contribution in [0, 0.1) is 11.3 Å². The van der Waals surface area contributed by atoms with Gasteiger partial charge in [0.15, 0.2) is 0 Å². The summed E-state index contributed by atoms with van der Waals surface area (Å²) in [5.41, 5.74) is 1.94. The SMILES string of the molecule is COc1ccccc1C1CCC(=NN)C2C(C)N(Cc3ccccc3)CC12C(=O)O. The second-order valence-corrected chi connectivity index (χ2v) is 8.41. The average Bonchev–Trinajstić information content (AvgIpc) is 3.07. The minimum atomic E-state index is -1.00. The van der Waals surface area contributed by atoms with Crippen molar-refractivity contribution in [2.45, 2.75) is 38.3 Å². The Morgan fingerprint density at radius 1 is 1.23 bits per heavy atom. The topological polar surface area (TPSA) is 88.2 Å². The van der Waals surface area contributed by atoms with Crippen molar-refractivity contribution in [1.82, 2.24) is 4.90 Å². The molecule has 4 unspecified atom stereocenters. The standard InChI is InChI=1S/C24H29N3O3/c1-16-22-20(26-25)13-12-19(18-10-6-7-11-21(18)30-2)24(22,23(28)29)15-27(16)14-17-8-4-3-5-9-17/h3-11,16,19,22H,12-15,25H2,1-2H3,(H,28,29). The summed E-state index contributed by atoms with van der Waals surface area (Å²) in [7, 11) is 1.64. The molecule has 1 aliphatic heterocycles. The van der Waals surface area contributed by atoms with E-state index in [1.165, 1.54) is 5.56 Å². The molecule has 1 aliphatic carbocycles. The fraction of sp³-hybridized carbons (Fsp3) is 0.417. The lowest BCUT2D eigenvalue weighted by molar-refractivity contribution is -0.152. The summed E-state index contributed by atoms with van der Waals surface area (Å²) in [4.78, 5) is 15.3. The van der Waals surface area contributed by atoms with Gasteiger partial charge in [0.05, 0.1) is 12.5 Å². The lowest BCUT2D eigenvalue weighted by atomic mass is 9.57. The molecule has 2 fully saturated rings. The third-order valence-corrected chi connectivity index (χ3v) is 7.05. The number of carbonyl (C=O) groups is 1. The molecule has 0 bridgehead atoms. The zero-order valence-corrected chi connectivity index (χ0v) is 17.5. The third kappa shape index (κ3) is 3.16. The van der Waals surface area contributed by atoms with E-state index in [9.17, 15) is 9.90 Å². The fourth-order valence-electron chi connectivity index (χ4n) is 5.73. The Hall–Kier alpha value is -2.86. The summed E-state index contributed by atoms with van der Waals surface area (Å²) >= 11 is 0. The van der Waals surface area contributed by atoms with E-state index in [1.807, 2.05) is 42.5 Å². The molecule has 4 rings (SSSR count). The first-order valence-electron chi connectivity index (χ1n) is 10.4. The zero-order valence-electron chi connectivity index (χ0n) is 17.5. The number of hydrogen-bond donors (Lipinski definition) is 2. The Kier molecular flexibility index (Phi) is 5.52. The monoisotopic (exact) mass is 407 g/mol. The Morgan fingerprint density at radius 2 is 1.93 bits per heavy atom. The van der Waals surface area contributed by atoms with Gasteiger partial charge in [0.2, 0.25) is 0 Å². The number of ether oxygens (including phenoxy) is 1. The van der Waals surface area contributed by atoms with Gasteiger partial charge in [0.25, 0.3) is 0 Å². The highest BCUT2D eigenvalue weighted by Gasteiger charge is 2.63. The summed E-state index contributed by atoms with van der Waals surface area (Å²) in [5, 5.41) is 14.7. The van der Waals surface area contributed by atoms with Crippen molar-refractivity contribution >= 4 is 11.7 Å². The molecule has 0 spiro atoms. The smallest absolute Gasteiger partial charge is 0.312 e. The molecule has 2 aliphatic rings. The van der Waals surface area contributed by atoms with Gasteiger partial charge in [-0.1, -0.05) is 48.5 Å². The van der Waals surface area contributed by atoms with Crippen LogP contribution in [0.1, 0.15) is 36.8 Å². The normalized spacial score (nSPS) is 30.2. The molecule has 6 heteroatoms. The van der Waals surface area contributed by atoms with E-state index in [0.29, 0.717) is 25.9 Å². The minimum Gasteiger partial charge on any atom is -0.496 e. The largest absolute Gasteiger partial charge is 0.496 e. The summed E-state index contributed by atoms with van der Waals surface area (Å²) in [6, 6.07) is 18.0. The molecule has 6 nitrogen and oxygen atoms in total. The van der Waals surface area contributed by atoms with Gasteiger partial charge in [-0.3, -0.25) is 9.69 Å². The summed E-state index contributed by atoms with van der Waals surface area (Å²) < 4.78 is 5.61. The molecular formula is C24H29N3O3. The average molecular weight is 408 g/mol. The van der Waals surface area contributed by atoms with Crippen LogP contribution < -0.4 is 10.6 Å². The highest BCUT2D eigenvalue weighted by Crippen LogP contribution is 2.57. The zero-order chi connectivity index (χ0) is 21.3. The number of nitrogens with two attached hydrogens (primary N) is 1. The number of carboxylic acids is 1. The van der Waals surface area contributed by atoms with Gasteiger partial charge in [0, 0.05) is 36.7 Å².